The van der Waals surface area contributed by atoms with E-state index in [1.165, 1.54) is 22.2 Å². The number of hydrogen-bond donors (Lipinski definition) is 1. The molecule has 1 aliphatic rings. The number of hydrogen-bond acceptors (Lipinski definition) is 5. The minimum atomic E-state index is 0.527. The first-order valence-corrected chi connectivity index (χ1v) is 9.05. The molecule has 2 rings (SSSR count). The van der Waals surface area contributed by atoms with Crippen LogP contribution < -0.4 is 5.32 Å². The van der Waals surface area contributed by atoms with E-state index < -0.39 is 0 Å². The number of thiazole rings is 1. The van der Waals surface area contributed by atoms with Crippen molar-refractivity contribution < 1.29 is 0 Å². The van der Waals surface area contributed by atoms with Crippen molar-refractivity contribution in [3.8, 4) is 0 Å². The molecular weight excluding hydrogens is 268 g/mol. The maximum absolute atomic E-state index is 4.78. The Morgan fingerprint density at radius 3 is 2.88 bits per heavy atom. The van der Waals surface area contributed by atoms with Crippen molar-refractivity contribution in [3.63, 3.8) is 0 Å². The summed E-state index contributed by atoms with van der Waals surface area (Å²) in [7, 11) is 0. The van der Waals surface area contributed by atoms with Gasteiger partial charge in [0.2, 0.25) is 0 Å². The average Bonchev–Trinajstić information content (AvgIpc) is 2.75. The fourth-order valence-electron chi connectivity index (χ4n) is 1.75. The minimum absolute atomic E-state index is 0.527. The van der Waals surface area contributed by atoms with E-state index in [9.17, 15) is 0 Å². The van der Waals surface area contributed by atoms with Crippen LogP contribution in [0.2, 0.25) is 0 Å². The molecule has 1 aromatic rings. The van der Waals surface area contributed by atoms with E-state index in [4.69, 9.17) is 4.98 Å². The van der Waals surface area contributed by atoms with Crippen molar-refractivity contribution in [1.29, 1.82) is 0 Å². The Morgan fingerprint density at radius 2 is 2.18 bits per heavy atom. The van der Waals surface area contributed by atoms with Crippen LogP contribution in [-0.4, -0.2) is 27.8 Å². The maximum atomic E-state index is 4.78. The monoisotopic (exact) mass is 288 g/mol. The molecule has 2 heterocycles. The molecule has 0 bridgehead atoms. The molecule has 0 aliphatic carbocycles. The van der Waals surface area contributed by atoms with E-state index in [2.05, 4.69) is 55.0 Å². The maximum Gasteiger partial charge on any atom is 0.107 e. The number of nitrogens with zero attached hydrogens (tertiary/aromatic N) is 1. The molecule has 2 nitrogen and oxygen atoms in total. The highest BCUT2D eigenvalue weighted by molar-refractivity contribution is 8.06. The Bertz CT molecular complexity index is 351. The molecule has 1 aliphatic heterocycles. The highest BCUT2D eigenvalue weighted by atomic mass is 32.2. The Kier molecular flexibility index (Phi) is 5.21. The van der Waals surface area contributed by atoms with Gasteiger partial charge in [0.1, 0.15) is 5.01 Å². The van der Waals surface area contributed by atoms with Crippen molar-refractivity contribution >= 4 is 34.9 Å². The Hall–Kier alpha value is 0.290. The second kappa shape index (κ2) is 6.45. The van der Waals surface area contributed by atoms with Gasteiger partial charge in [-0.15, -0.1) is 23.1 Å². The lowest BCUT2D eigenvalue weighted by molar-refractivity contribution is 0.582. The summed E-state index contributed by atoms with van der Waals surface area (Å²) in [6.07, 6.45) is 0. The van der Waals surface area contributed by atoms with Crippen molar-refractivity contribution in [2.24, 2.45) is 0 Å². The summed E-state index contributed by atoms with van der Waals surface area (Å²) < 4.78 is 0. The molecule has 5 heteroatoms. The molecule has 2 atom stereocenters. The van der Waals surface area contributed by atoms with Gasteiger partial charge in [-0.25, -0.2) is 4.98 Å². The van der Waals surface area contributed by atoms with Crippen LogP contribution in [0.4, 0.5) is 0 Å². The van der Waals surface area contributed by atoms with E-state index in [-0.39, 0.29) is 0 Å². The molecule has 96 valence electrons. The van der Waals surface area contributed by atoms with Gasteiger partial charge < -0.3 is 5.32 Å². The average molecular weight is 289 g/mol. The molecule has 1 N–H and O–H groups in total. The largest absolute Gasteiger partial charge is 0.309 e. The third kappa shape index (κ3) is 3.88. The van der Waals surface area contributed by atoms with Crippen LogP contribution >= 0.6 is 34.9 Å². The zero-order valence-electron chi connectivity index (χ0n) is 10.6. The SMILES string of the molecule is CC(C)NCc1csc(C2SCCSC2C)n1. The van der Waals surface area contributed by atoms with E-state index in [1.807, 2.05) is 11.3 Å². The van der Waals surface area contributed by atoms with Crippen molar-refractivity contribution in [3.05, 3.63) is 16.1 Å². The molecule has 1 aromatic heterocycles. The first-order chi connectivity index (χ1) is 8.16. The van der Waals surface area contributed by atoms with E-state index in [0.717, 1.165) is 6.54 Å². The third-order valence-corrected chi connectivity index (χ3v) is 6.92. The highest BCUT2D eigenvalue weighted by Gasteiger charge is 2.26. The van der Waals surface area contributed by atoms with Gasteiger partial charge in [0.25, 0.3) is 0 Å². The van der Waals surface area contributed by atoms with E-state index in [1.54, 1.807) is 0 Å². The lowest BCUT2D eigenvalue weighted by atomic mass is 10.3. The standard InChI is InChI=1S/C12H20N2S3/c1-8(2)13-6-10-7-17-12(14-10)11-9(3)15-4-5-16-11/h7-9,11,13H,4-6H2,1-3H3. The smallest absolute Gasteiger partial charge is 0.107 e. The summed E-state index contributed by atoms with van der Waals surface area (Å²) in [6, 6.07) is 0.527. The predicted octanol–water partition coefficient (Wildman–Crippen LogP) is 3.55. The van der Waals surface area contributed by atoms with Gasteiger partial charge in [0.15, 0.2) is 0 Å². The number of thioether (sulfide) groups is 2. The first kappa shape index (κ1) is 13.7. The van der Waals surface area contributed by atoms with Crippen molar-refractivity contribution in [2.75, 3.05) is 11.5 Å². The second-order valence-corrected chi connectivity index (χ2v) is 8.20. The van der Waals surface area contributed by atoms with Crippen LogP contribution in [0.3, 0.4) is 0 Å². The molecule has 0 aromatic carbocycles. The lowest BCUT2D eigenvalue weighted by Crippen LogP contribution is -2.22. The Morgan fingerprint density at radius 1 is 1.41 bits per heavy atom. The topological polar surface area (TPSA) is 24.9 Å². The van der Waals surface area contributed by atoms with Crippen LogP contribution in [0.1, 0.15) is 36.7 Å². The predicted molar refractivity (Wildman–Crippen MR) is 81.2 cm³/mol. The number of aromatic nitrogens is 1. The number of rotatable bonds is 4. The lowest BCUT2D eigenvalue weighted by Gasteiger charge is -2.25. The zero-order valence-corrected chi connectivity index (χ0v) is 13.1. The van der Waals surface area contributed by atoms with Crippen molar-refractivity contribution in [1.82, 2.24) is 10.3 Å². The fraction of sp³-hybridized carbons (Fsp3) is 0.750. The molecule has 0 radical (unpaired) electrons. The third-order valence-electron chi connectivity index (χ3n) is 2.69. The van der Waals surface area contributed by atoms with E-state index in [0.29, 0.717) is 16.5 Å². The molecule has 2 unspecified atom stereocenters. The van der Waals surface area contributed by atoms with Crippen LogP contribution in [0.25, 0.3) is 0 Å². The molecule has 1 saturated heterocycles. The molecule has 17 heavy (non-hydrogen) atoms. The van der Waals surface area contributed by atoms with Crippen LogP contribution in [0.5, 0.6) is 0 Å². The highest BCUT2D eigenvalue weighted by Crippen LogP contribution is 2.43. The molecular formula is C12H20N2S3. The van der Waals surface area contributed by atoms with Gasteiger partial charge in [-0.05, 0) is 0 Å². The van der Waals surface area contributed by atoms with Gasteiger partial charge in [-0.1, -0.05) is 20.8 Å². The summed E-state index contributed by atoms with van der Waals surface area (Å²) in [5.41, 5.74) is 1.20. The summed E-state index contributed by atoms with van der Waals surface area (Å²) in [5.74, 6) is 2.55. The summed E-state index contributed by atoms with van der Waals surface area (Å²) in [6.45, 7) is 7.56. The van der Waals surface area contributed by atoms with Gasteiger partial charge in [0.05, 0.1) is 10.9 Å². The fourth-order valence-corrected chi connectivity index (χ4v) is 5.74. The van der Waals surface area contributed by atoms with Crippen molar-refractivity contribution in [2.45, 2.75) is 43.9 Å². The number of nitrogens with one attached hydrogen (secondary N) is 1. The first-order valence-electron chi connectivity index (χ1n) is 6.07. The molecule has 1 fully saturated rings. The minimum Gasteiger partial charge on any atom is -0.309 e. The zero-order chi connectivity index (χ0) is 12.3. The molecule has 0 spiro atoms. The van der Waals surface area contributed by atoms with Crippen LogP contribution in [-0.2, 0) is 6.54 Å². The summed E-state index contributed by atoms with van der Waals surface area (Å²) in [4.78, 5) is 4.78. The molecule has 0 saturated carbocycles. The molecule has 0 amide bonds. The Balaban J connectivity index is 1.97. The van der Waals surface area contributed by atoms with Crippen LogP contribution in [0.15, 0.2) is 5.38 Å². The summed E-state index contributed by atoms with van der Waals surface area (Å²) >= 11 is 5.97. The van der Waals surface area contributed by atoms with Gasteiger partial charge >= 0.3 is 0 Å². The van der Waals surface area contributed by atoms with Gasteiger partial charge in [-0.2, -0.15) is 11.8 Å². The normalized spacial score (nSPS) is 25.4. The Labute approximate surface area is 116 Å². The van der Waals surface area contributed by atoms with E-state index >= 15 is 0 Å². The van der Waals surface area contributed by atoms with Gasteiger partial charge in [-0.3, -0.25) is 0 Å². The van der Waals surface area contributed by atoms with Crippen LogP contribution in [0, 0.1) is 0 Å². The van der Waals surface area contributed by atoms with Gasteiger partial charge in [0, 0.05) is 34.7 Å². The summed E-state index contributed by atoms with van der Waals surface area (Å²) in [5, 5.41) is 8.25. The second-order valence-electron chi connectivity index (χ2n) is 4.58. The quantitative estimate of drug-likeness (QED) is 0.916.